The van der Waals surface area contributed by atoms with Crippen molar-refractivity contribution < 1.29 is 0 Å². The van der Waals surface area contributed by atoms with Crippen LogP contribution in [0.4, 0.5) is 0 Å². The Balaban J connectivity index is 2.19. The molecule has 0 aliphatic heterocycles. The van der Waals surface area contributed by atoms with Gasteiger partial charge in [-0.3, -0.25) is 0 Å². The first-order chi connectivity index (χ1) is 9.75. The van der Waals surface area contributed by atoms with Crippen LogP contribution in [0.1, 0.15) is 25.0 Å². The fourth-order valence-electron chi connectivity index (χ4n) is 2.69. The summed E-state index contributed by atoms with van der Waals surface area (Å²) in [6.07, 6.45) is 0. The molecule has 0 N–H and O–H groups in total. The Hall–Kier alpha value is -2.34. The van der Waals surface area contributed by atoms with Crippen LogP contribution in [0.15, 0.2) is 78.4 Å². The van der Waals surface area contributed by atoms with Gasteiger partial charge in [0.15, 0.2) is 0 Å². The molecule has 0 heteroatoms. The second-order valence-corrected chi connectivity index (χ2v) is 5.30. The zero-order chi connectivity index (χ0) is 13.9. The second-order valence-electron chi connectivity index (χ2n) is 5.30. The van der Waals surface area contributed by atoms with Gasteiger partial charge in [-0.15, -0.1) is 0 Å². The van der Waals surface area contributed by atoms with E-state index in [1.54, 1.807) is 0 Å². The van der Waals surface area contributed by atoms with E-state index < -0.39 is 0 Å². The molecule has 0 atom stereocenters. The van der Waals surface area contributed by atoms with Crippen molar-refractivity contribution in [2.75, 3.05) is 0 Å². The van der Waals surface area contributed by atoms with E-state index in [0.717, 1.165) is 0 Å². The molecule has 0 aliphatic rings. The van der Waals surface area contributed by atoms with E-state index in [0.29, 0.717) is 0 Å². The van der Waals surface area contributed by atoms with Crippen LogP contribution >= 0.6 is 0 Å². The monoisotopic (exact) mass is 258 g/mol. The van der Waals surface area contributed by atoms with Crippen molar-refractivity contribution >= 4 is 16.3 Å². The largest absolute Gasteiger partial charge is 0.0680 e. The number of hydrogen-bond acceptors (Lipinski definition) is 0. The highest BCUT2D eigenvalue weighted by molar-refractivity contribution is 5.90. The van der Waals surface area contributed by atoms with Gasteiger partial charge in [0.2, 0.25) is 0 Å². The number of benzene rings is 3. The Morgan fingerprint density at radius 3 is 1.95 bits per heavy atom. The third-order valence-electron chi connectivity index (χ3n) is 3.60. The highest BCUT2D eigenvalue weighted by atomic mass is 14.1. The molecule has 0 saturated heterocycles. The Bertz CT molecular complexity index is 760. The van der Waals surface area contributed by atoms with Gasteiger partial charge in [-0.2, -0.15) is 0 Å². The molecule has 20 heavy (non-hydrogen) atoms. The highest BCUT2D eigenvalue weighted by Gasteiger charge is 2.07. The molecule has 0 aliphatic carbocycles. The lowest BCUT2D eigenvalue weighted by molar-refractivity contribution is 1.37. The second kappa shape index (κ2) is 5.34. The Kier molecular flexibility index (Phi) is 3.39. The normalized spacial score (nSPS) is 10.5. The van der Waals surface area contributed by atoms with Crippen LogP contribution in [0.2, 0.25) is 0 Å². The van der Waals surface area contributed by atoms with Crippen LogP contribution in [0.5, 0.6) is 0 Å². The lowest BCUT2D eigenvalue weighted by atomic mass is 9.92. The summed E-state index contributed by atoms with van der Waals surface area (Å²) in [6.45, 7) is 4.36. The molecule has 0 saturated carbocycles. The fourth-order valence-corrected chi connectivity index (χ4v) is 2.69. The van der Waals surface area contributed by atoms with Crippen LogP contribution in [-0.4, -0.2) is 0 Å². The van der Waals surface area contributed by atoms with Crippen molar-refractivity contribution in [1.82, 2.24) is 0 Å². The topological polar surface area (TPSA) is 0 Å². The molecule has 0 fully saturated rings. The summed E-state index contributed by atoms with van der Waals surface area (Å²) < 4.78 is 0. The summed E-state index contributed by atoms with van der Waals surface area (Å²) in [5.74, 6) is 0. The van der Waals surface area contributed by atoms with Crippen molar-refractivity contribution in [2.24, 2.45) is 0 Å². The lowest BCUT2D eigenvalue weighted by Gasteiger charge is -2.12. The Labute approximate surface area is 120 Å². The average Bonchev–Trinajstić information content (AvgIpc) is 2.48. The number of hydrogen-bond donors (Lipinski definition) is 0. The molecular formula is C20H18. The standard InChI is InChI=1S/C20H18/c1-15(2)20(17-9-4-3-5-10-17)19-13-12-16-8-6-7-11-18(16)14-19/h3-14H,1-2H3. The van der Waals surface area contributed by atoms with Crippen LogP contribution in [0.3, 0.4) is 0 Å². The number of rotatable bonds is 2. The minimum atomic E-state index is 1.28. The number of allylic oxidation sites excluding steroid dienone is 1. The maximum atomic E-state index is 2.28. The molecule has 0 bridgehead atoms. The molecule has 3 aromatic carbocycles. The zero-order valence-electron chi connectivity index (χ0n) is 11.9. The summed E-state index contributed by atoms with van der Waals surface area (Å²) in [5, 5.41) is 2.58. The van der Waals surface area contributed by atoms with E-state index in [-0.39, 0.29) is 0 Å². The summed E-state index contributed by atoms with van der Waals surface area (Å²) in [4.78, 5) is 0. The van der Waals surface area contributed by atoms with Gasteiger partial charge in [-0.1, -0.05) is 72.3 Å². The van der Waals surface area contributed by atoms with Gasteiger partial charge in [0.1, 0.15) is 0 Å². The van der Waals surface area contributed by atoms with Gasteiger partial charge in [0, 0.05) is 0 Å². The molecule has 0 spiro atoms. The van der Waals surface area contributed by atoms with Gasteiger partial charge < -0.3 is 0 Å². The Morgan fingerprint density at radius 2 is 1.25 bits per heavy atom. The quantitative estimate of drug-likeness (QED) is 0.554. The van der Waals surface area contributed by atoms with Gasteiger partial charge in [-0.05, 0) is 47.4 Å². The third-order valence-corrected chi connectivity index (χ3v) is 3.60. The number of fused-ring (bicyclic) bond motifs is 1. The first kappa shape index (κ1) is 12.7. The molecule has 3 rings (SSSR count). The fraction of sp³-hybridized carbons (Fsp3) is 0.100. The van der Waals surface area contributed by atoms with Crippen molar-refractivity contribution in [1.29, 1.82) is 0 Å². The van der Waals surface area contributed by atoms with Crippen molar-refractivity contribution in [3.05, 3.63) is 89.5 Å². The summed E-state index contributed by atoms with van der Waals surface area (Å²) in [5.41, 5.74) is 5.24. The van der Waals surface area contributed by atoms with E-state index in [1.165, 1.54) is 33.0 Å². The zero-order valence-corrected chi connectivity index (χ0v) is 11.9. The minimum Gasteiger partial charge on any atom is -0.0680 e. The third kappa shape index (κ3) is 2.37. The molecule has 0 amide bonds. The van der Waals surface area contributed by atoms with E-state index in [2.05, 4.69) is 86.6 Å². The SMILES string of the molecule is CC(C)=C(c1ccccc1)c1ccc2ccccc2c1. The smallest absolute Gasteiger partial charge is 0.0125 e. The van der Waals surface area contributed by atoms with Gasteiger partial charge in [0.05, 0.1) is 0 Å². The maximum absolute atomic E-state index is 2.28. The summed E-state index contributed by atoms with van der Waals surface area (Å²) in [6, 6.07) is 25.8. The highest BCUT2D eigenvalue weighted by Crippen LogP contribution is 2.29. The predicted molar refractivity (Wildman–Crippen MR) is 87.8 cm³/mol. The molecule has 0 radical (unpaired) electrons. The van der Waals surface area contributed by atoms with Gasteiger partial charge in [-0.25, -0.2) is 0 Å². The van der Waals surface area contributed by atoms with Crippen LogP contribution in [0, 0.1) is 0 Å². The minimum absolute atomic E-state index is 1.28. The lowest BCUT2D eigenvalue weighted by Crippen LogP contribution is -1.90. The average molecular weight is 258 g/mol. The molecule has 0 nitrogen and oxygen atoms in total. The van der Waals surface area contributed by atoms with E-state index in [9.17, 15) is 0 Å². The van der Waals surface area contributed by atoms with Crippen LogP contribution in [-0.2, 0) is 0 Å². The predicted octanol–water partition coefficient (Wildman–Crippen LogP) is 5.68. The molecule has 0 unspecified atom stereocenters. The van der Waals surface area contributed by atoms with Gasteiger partial charge >= 0.3 is 0 Å². The first-order valence-corrected chi connectivity index (χ1v) is 6.98. The van der Waals surface area contributed by atoms with Crippen molar-refractivity contribution in [3.8, 4) is 0 Å². The van der Waals surface area contributed by atoms with E-state index >= 15 is 0 Å². The van der Waals surface area contributed by atoms with Crippen molar-refractivity contribution in [3.63, 3.8) is 0 Å². The molecule has 3 aromatic rings. The van der Waals surface area contributed by atoms with E-state index in [1.807, 2.05) is 0 Å². The van der Waals surface area contributed by atoms with Crippen LogP contribution < -0.4 is 0 Å². The maximum Gasteiger partial charge on any atom is -0.0125 e. The molecule has 0 heterocycles. The van der Waals surface area contributed by atoms with E-state index in [4.69, 9.17) is 0 Å². The van der Waals surface area contributed by atoms with Gasteiger partial charge in [0.25, 0.3) is 0 Å². The molecule has 0 aromatic heterocycles. The molecule has 98 valence electrons. The first-order valence-electron chi connectivity index (χ1n) is 6.98. The summed E-state index contributed by atoms with van der Waals surface area (Å²) >= 11 is 0. The van der Waals surface area contributed by atoms with Crippen molar-refractivity contribution in [2.45, 2.75) is 13.8 Å². The van der Waals surface area contributed by atoms with Crippen LogP contribution in [0.25, 0.3) is 16.3 Å². The molecular weight excluding hydrogens is 240 g/mol. The summed E-state index contributed by atoms with van der Waals surface area (Å²) in [7, 11) is 0. The Morgan fingerprint density at radius 1 is 0.600 bits per heavy atom.